The third-order valence-electron chi connectivity index (χ3n) is 4.43. The van der Waals surface area contributed by atoms with Crippen molar-refractivity contribution in [1.29, 1.82) is 0 Å². The number of rotatable bonds is 6. The number of thioether (sulfide) groups is 1. The molecule has 1 aromatic carbocycles. The summed E-state index contributed by atoms with van der Waals surface area (Å²) in [6.45, 7) is 2.58. The topological polar surface area (TPSA) is 74.2 Å². The minimum absolute atomic E-state index is 0.0146. The zero-order valence-corrected chi connectivity index (χ0v) is 15.2. The van der Waals surface area contributed by atoms with Gasteiger partial charge < -0.3 is 24.1 Å². The number of hydrogen-bond donors (Lipinski definition) is 1. The Morgan fingerprint density at radius 2 is 1.52 bits per heavy atom. The van der Waals surface area contributed by atoms with Crippen LogP contribution in [0.25, 0.3) is 0 Å². The summed E-state index contributed by atoms with van der Waals surface area (Å²) < 4.78 is 23.1. The van der Waals surface area contributed by atoms with Gasteiger partial charge in [0.15, 0.2) is 11.5 Å². The van der Waals surface area contributed by atoms with Crippen LogP contribution >= 0.6 is 11.8 Å². The van der Waals surface area contributed by atoms with Gasteiger partial charge in [0, 0.05) is 25.7 Å². The van der Waals surface area contributed by atoms with Crippen molar-refractivity contribution < 1.29 is 28.8 Å². The third-order valence-corrected chi connectivity index (χ3v) is 5.19. The molecular weight excluding hydrogens is 344 g/mol. The first-order chi connectivity index (χ1) is 12.2. The lowest BCUT2D eigenvalue weighted by Gasteiger charge is -2.29. The van der Waals surface area contributed by atoms with E-state index in [2.05, 4.69) is 0 Å². The van der Waals surface area contributed by atoms with Gasteiger partial charge in [0.2, 0.25) is 0 Å². The largest absolute Gasteiger partial charge is 0.485 e. The Morgan fingerprint density at radius 3 is 2.00 bits per heavy atom. The Kier molecular flexibility index (Phi) is 6.45. The molecule has 0 saturated carbocycles. The van der Waals surface area contributed by atoms with Crippen molar-refractivity contribution in [2.75, 3.05) is 32.7 Å². The van der Waals surface area contributed by atoms with Crippen molar-refractivity contribution in [2.24, 2.45) is 0 Å². The fourth-order valence-corrected chi connectivity index (χ4v) is 3.55. The molecule has 0 atom stereocenters. The Bertz CT molecular complexity index is 593. The Labute approximate surface area is 151 Å². The van der Waals surface area contributed by atoms with E-state index in [-0.39, 0.29) is 17.8 Å². The predicted octanol–water partition coefficient (Wildman–Crippen LogP) is 3.22. The minimum atomic E-state index is -1.01. The number of aromatic carboxylic acids is 1. The summed E-state index contributed by atoms with van der Waals surface area (Å²) in [6, 6.07) is 3.39. The molecule has 2 aliphatic rings. The molecule has 0 aliphatic carbocycles. The van der Waals surface area contributed by atoms with Crippen molar-refractivity contribution in [2.45, 2.75) is 42.8 Å². The summed E-state index contributed by atoms with van der Waals surface area (Å²) >= 11 is 1.53. The van der Waals surface area contributed by atoms with Gasteiger partial charge in [-0.05, 0) is 18.4 Å². The molecular formula is C18H24O6S. The van der Waals surface area contributed by atoms with Crippen molar-refractivity contribution in [1.82, 2.24) is 0 Å². The van der Waals surface area contributed by atoms with Crippen molar-refractivity contribution in [3.8, 4) is 11.5 Å². The lowest BCUT2D eigenvalue weighted by Crippen LogP contribution is -2.29. The van der Waals surface area contributed by atoms with Crippen LogP contribution in [0.5, 0.6) is 11.5 Å². The molecule has 0 amide bonds. The van der Waals surface area contributed by atoms with Gasteiger partial charge in [-0.3, -0.25) is 0 Å². The van der Waals surface area contributed by atoms with Crippen LogP contribution in [0.3, 0.4) is 0 Å². The highest BCUT2D eigenvalue weighted by molar-refractivity contribution is 7.98. The Morgan fingerprint density at radius 1 is 1.00 bits per heavy atom. The number of carbonyl (C=O) groups is 1. The average molecular weight is 368 g/mol. The summed E-state index contributed by atoms with van der Waals surface area (Å²) in [7, 11) is 0. The zero-order valence-electron chi connectivity index (χ0n) is 14.4. The molecule has 6 nitrogen and oxygen atoms in total. The van der Waals surface area contributed by atoms with E-state index in [1.807, 2.05) is 6.26 Å². The molecule has 7 heteroatoms. The molecule has 0 radical (unpaired) electrons. The highest BCUT2D eigenvalue weighted by atomic mass is 32.2. The summed E-state index contributed by atoms with van der Waals surface area (Å²) in [5.74, 6) is -0.116. The van der Waals surface area contributed by atoms with Crippen LogP contribution in [0.4, 0.5) is 0 Å². The number of hydrogen-bond acceptors (Lipinski definition) is 6. The summed E-state index contributed by atoms with van der Waals surface area (Å²) in [4.78, 5) is 12.6. The number of ether oxygens (including phenoxy) is 4. The normalized spacial score (nSPS) is 19.6. The maximum Gasteiger partial charge on any atom is 0.339 e. The van der Waals surface area contributed by atoms with E-state index in [1.54, 1.807) is 12.1 Å². The van der Waals surface area contributed by atoms with Crippen LogP contribution in [0.2, 0.25) is 0 Å². The second-order valence-electron chi connectivity index (χ2n) is 6.14. The second-order valence-corrected chi connectivity index (χ2v) is 6.99. The van der Waals surface area contributed by atoms with E-state index < -0.39 is 5.97 Å². The molecule has 2 heterocycles. The molecule has 2 fully saturated rings. The molecule has 1 aromatic rings. The summed E-state index contributed by atoms with van der Waals surface area (Å²) in [6.07, 6.45) is 4.99. The van der Waals surface area contributed by atoms with Crippen molar-refractivity contribution in [3.05, 3.63) is 17.7 Å². The highest BCUT2D eigenvalue weighted by Gasteiger charge is 2.27. The fraction of sp³-hybridized carbons (Fsp3) is 0.611. The van der Waals surface area contributed by atoms with E-state index in [1.165, 1.54) is 11.8 Å². The molecule has 0 bridgehead atoms. The van der Waals surface area contributed by atoms with Crippen molar-refractivity contribution in [3.63, 3.8) is 0 Å². The standard InChI is InChI=1S/C18H24O6S/c1-25-15-3-2-14(18(19)20)16(23-12-4-8-21-9-5-12)17(15)24-13-6-10-22-11-7-13/h2-3,12-13H,4-11H2,1H3,(H,19,20). The summed E-state index contributed by atoms with van der Waals surface area (Å²) in [5, 5.41) is 9.60. The van der Waals surface area contributed by atoms with Gasteiger partial charge in [-0.2, -0.15) is 0 Å². The second kappa shape index (κ2) is 8.78. The monoisotopic (exact) mass is 368 g/mol. The van der Waals surface area contributed by atoms with Gasteiger partial charge in [0.05, 0.1) is 31.3 Å². The molecule has 2 saturated heterocycles. The van der Waals surface area contributed by atoms with Gasteiger partial charge in [-0.15, -0.1) is 11.8 Å². The maximum absolute atomic E-state index is 11.7. The van der Waals surface area contributed by atoms with Crippen LogP contribution < -0.4 is 9.47 Å². The van der Waals surface area contributed by atoms with E-state index in [4.69, 9.17) is 18.9 Å². The predicted molar refractivity (Wildman–Crippen MR) is 94.1 cm³/mol. The number of benzene rings is 1. The average Bonchev–Trinajstić information content (AvgIpc) is 2.64. The minimum Gasteiger partial charge on any atom is -0.485 e. The quantitative estimate of drug-likeness (QED) is 0.773. The van der Waals surface area contributed by atoms with Crippen LogP contribution in [-0.4, -0.2) is 56.0 Å². The zero-order chi connectivity index (χ0) is 17.6. The van der Waals surface area contributed by atoms with Crippen LogP contribution in [0.1, 0.15) is 36.0 Å². The Balaban J connectivity index is 1.92. The first-order valence-electron chi connectivity index (χ1n) is 8.62. The van der Waals surface area contributed by atoms with Crippen LogP contribution in [0, 0.1) is 0 Å². The fourth-order valence-electron chi connectivity index (χ4n) is 3.02. The van der Waals surface area contributed by atoms with Gasteiger partial charge >= 0.3 is 5.97 Å². The molecule has 0 unspecified atom stereocenters. The van der Waals surface area contributed by atoms with E-state index in [0.29, 0.717) is 37.9 Å². The SMILES string of the molecule is CSc1ccc(C(=O)O)c(OC2CCOCC2)c1OC1CCOCC1. The van der Waals surface area contributed by atoms with E-state index in [0.717, 1.165) is 30.6 Å². The Hall–Kier alpha value is -1.44. The van der Waals surface area contributed by atoms with E-state index in [9.17, 15) is 9.90 Å². The van der Waals surface area contributed by atoms with E-state index >= 15 is 0 Å². The molecule has 25 heavy (non-hydrogen) atoms. The van der Waals surface area contributed by atoms with Crippen molar-refractivity contribution >= 4 is 17.7 Å². The number of carboxylic acids is 1. The van der Waals surface area contributed by atoms with Gasteiger partial charge in [0.25, 0.3) is 0 Å². The molecule has 0 aromatic heterocycles. The lowest BCUT2D eigenvalue weighted by atomic mass is 10.1. The maximum atomic E-state index is 11.7. The first-order valence-corrected chi connectivity index (χ1v) is 9.84. The van der Waals surface area contributed by atoms with Crippen LogP contribution in [-0.2, 0) is 9.47 Å². The lowest BCUT2D eigenvalue weighted by molar-refractivity contribution is 0.0125. The molecule has 1 N–H and O–H groups in total. The van der Waals surface area contributed by atoms with Gasteiger partial charge in [-0.1, -0.05) is 0 Å². The molecule has 3 rings (SSSR count). The van der Waals surface area contributed by atoms with Gasteiger partial charge in [-0.25, -0.2) is 4.79 Å². The molecule has 0 spiro atoms. The first kappa shape index (κ1) is 18.4. The smallest absolute Gasteiger partial charge is 0.339 e. The molecule has 138 valence electrons. The third kappa shape index (κ3) is 4.59. The highest BCUT2D eigenvalue weighted by Crippen LogP contribution is 2.42. The molecule has 2 aliphatic heterocycles. The summed E-state index contributed by atoms with van der Waals surface area (Å²) in [5.41, 5.74) is 0.145. The van der Waals surface area contributed by atoms with Gasteiger partial charge in [0.1, 0.15) is 17.8 Å². The van der Waals surface area contributed by atoms with Crippen LogP contribution in [0.15, 0.2) is 17.0 Å². The number of carboxylic acid groups (broad SMARTS) is 1.